The summed E-state index contributed by atoms with van der Waals surface area (Å²) in [4.78, 5) is 47.5. The first-order valence-electron chi connectivity index (χ1n) is 7.90. The zero-order valence-electron chi connectivity index (χ0n) is 14.4. The van der Waals surface area contributed by atoms with Crippen LogP contribution in [0.4, 0.5) is 11.4 Å². The van der Waals surface area contributed by atoms with Gasteiger partial charge in [-0.3, -0.25) is 24.5 Å². The first-order valence-corrected chi connectivity index (χ1v) is 7.90. The molecular weight excluding hydrogens is 352 g/mol. The Bertz CT molecular complexity index is 1040. The molecule has 2 aromatic rings. The van der Waals surface area contributed by atoms with Gasteiger partial charge >= 0.3 is 0 Å². The van der Waals surface area contributed by atoms with Crippen LogP contribution in [0.5, 0.6) is 0 Å². The highest BCUT2D eigenvalue weighted by atomic mass is 16.6. The molecule has 0 unspecified atom stereocenters. The Kier molecular flexibility index (Phi) is 4.32. The highest BCUT2D eigenvalue weighted by molar-refractivity contribution is 6.42. The molecule has 3 rings (SSSR count). The number of amides is 2. The van der Waals surface area contributed by atoms with E-state index < -0.39 is 22.5 Å². The minimum absolute atomic E-state index is 0.142. The molecule has 0 atom stereocenters. The van der Waals surface area contributed by atoms with E-state index in [4.69, 9.17) is 0 Å². The first-order chi connectivity index (χ1) is 12.7. The van der Waals surface area contributed by atoms with E-state index in [1.165, 1.54) is 56.3 Å². The Labute approximate surface area is 153 Å². The van der Waals surface area contributed by atoms with E-state index in [1.807, 2.05) is 0 Å². The van der Waals surface area contributed by atoms with Crippen molar-refractivity contribution in [3.63, 3.8) is 0 Å². The molecule has 136 valence electrons. The minimum atomic E-state index is -0.728. The van der Waals surface area contributed by atoms with E-state index in [-0.39, 0.29) is 33.9 Å². The lowest BCUT2D eigenvalue weighted by Crippen LogP contribution is -2.31. The Morgan fingerprint density at radius 3 is 2.15 bits per heavy atom. The fraction of sp³-hybridized carbons (Fsp3) is 0.105. The molecule has 1 aliphatic rings. The lowest BCUT2D eigenvalue weighted by Gasteiger charge is -2.12. The summed E-state index contributed by atoms with van der Waals surface area (Å²) in [5.74, 6) is -1.93. The van der Waals surface area contributed by atoms with Gasteiger partial charge in [-0.15, -0.1) is 0 Å². The van der Waals surface area contributed by atoms with Crippen LogP contribution in [0.1, 0.15) is 35.3 Å². The smallest absolute Gasteiger partial charge is 0.269 e. The van der Waals surface area contributed by atoms with E-state index in [1.54, 1.807) is 0 Å². The summed E-state index contributed by atoms with van der Waals surface area (Å²) >= 11 is 0. The summed E-state index contributed by atoms with van der Waals surface area (Å²) in [6.07, 6.45) is 0. The number of Topliss-reactive ketones (excluding diaryl/α,β-unsaturated/α-hetero) is 1. The molecule has 1 heterocycles. The summed E-state index contributed by atoms with van der Waals surface area (Å²) in [6.45, 7) is 2.58. The second kappa shape index (κ2) is 6.49. The number of ketones is 1. The van der Waals surface area contributed by atoms with E-state index in [0.717, 1.165) is 4.90 Å². The van der Waals surface area contributed by atoms with Gasteiger partial charge in [-0.1, -0.05) is 0 Å². The summed E-state index contributed by atoms with van der Waals surface area (Å²) in [5, 5.41) is 21.4. The van der Waals surface area contributed by atoms with Gasteiger partial charge in [0.15, 0.2) is 5.78 Å². The van der Waals surface area contributed by atoms with Gasteiger partial charge in [-0.2, -0.15) is 0 Å². The maximum atomic E-state index is 12.8. The fourth-order valence-electron chi connectivity index (χ4n) is 2.91. The number of nitro groups is 1. The molecule has 1 N–H and O–H groups in total. The van der Waals surface area contributed by atoms with Crippen LogP contribution in [0.2, 0.25) is 0 Å². The van der Waals surface area contributed by atoms with E-state index in [9.17, 15) is 29.6 Å². The molecule has 0 saturated carbocycles. The van der Waals surface area contributed by atoms with Crippen LogP contribution in [0.25, 0.3) is 11.3 Å². The predicted molar refractivity (Wildman–Crippen MR) is 97.2 cm³/mol. The predicted octanol–water partition coefficient (Wildman–Crippen LogP) is 3.12. The van der Waals surface area contributed by atoms with Crippen molar-refractivity contribution in [2.75, 3.05) is 4.90 Å². The van der Waals surface area contributed by atoms with Crippen molar-refractivity contribution >= 4 is 40.3 Å². The number of anilines is 1. The number of nitrogens with zero attached hydrogens (tertiary/aromatic N) is 2. The first kappa shape index (κ1) is 18.0. The lowest BCUT2D eigenvalue weighted by atomic mass is 9.99. The van der Waals surface area contributed by atoms with Crippen molar-refractivity contribution in [1.82, 2.24) is 0 Å². The number of benzene rings is 2. The van der Waals surface area contributed by atoms with Crippen molar-refractivity contribution in [3.8, 4) is 0 Å². The van der Waals surface area contributed by atoms with E-state index >= 15 is 0 Å². The zero-order chi connectivity index (χ0) is 19.9. The quantitative estimate of drug-likeness (QED) is 0.293. The monoisotopic (exact) mass is 366 g/mol. The number of non-ortho nitro benzene ring substituents is 1. The van der Waals surface area contributed by atoms with Crippen molar-refractivity contribution in [2.45, 2.75) is 13.8 Å². The molecule has 0 spiro atoms. The molecule has 2 amide bonds. The maximum Gasteiger partial charge on any atom is 0.269 e. The van der Waals surface area contributed by atoms with Crippen molar-refractivity contribution in [3.05, 3.63) is 69.3 Å². The van der Waals surface area contributed by atoms with Gasteiger partial charge in [0.05, 0.1) is 16.2 Å². The third-order valence-corrected chi connectivity index (χ3v) is 4.23. The van der Waals surface area contributed by atoms with Crippen LogP contribution in [0.3, 0.4) is 0 Å². The van der Waals surface area contributed by atoms with Crippen LogP contribution >= 0.6 is 0 Å². The average Bonchev–Trinajstić information content (AvgIpc) is 2.92. The number of carbonyl (C=O) groups excluding carboxylic acids is 3. The van der Waals surface area contributed by atoms with Gasteiger partial charge < -0.3 is 5.11 Å². The third-order valence-electron chi connectivity index (χ3n) is 4.23. The molecule has 8 nitrogen and oxygen atoms in total. The second-order valence-corrected chi connectivity index (χ2v) is 5.98. The van der Waals surface area contributed by atoms with E-state index in [0.29, 0.717) is 5.56 Å². The summed E-state index contributed by atoms with van der Waals surface area (Å²) in [5.41, 5.74) is 0.699. The van der Waals surface area contributed by atoms with Crippen molar-refractivity contribution < 1.29 is 24.4 Å². The fourth-order valence-corrected chi connectivity index (χ4v) is 2.91. The highest BCUT2D eigenvalue weighted by Gasteiger charge is 2.38. The van der Waals surface area contributed by atoms with Crippen LogP contribution in [0, 0.1) is 10.1 Å². The van der Waals surface area contributed by atoms with Crippen molar-refractivity contribution in [1.29, 1.82) is 0 Å². The number of nitro benzene ring substituents is 1. The van der Waals surface area contributed by atoms with Gasteiger partial charge in [-0.05, 0) is 37.3 Å². The Balaban J connectivity index is 2.22. The van der Waals surface area contributed by atoms with Gasteiger partial charge in [-0.25, -0.2) is 4.90 Å². The third kappa shape index (κ3) is 2.97. The number of hydrogen-bond acceptors (Lipinski definition) is 6. The Morgan fingerprint density at radius 1 is 1.04 bits per heavy atom. The topological polar surface area (TPSA) is 118 Å². The maximum absolute atomic E-state index is 12.8. The minimum Gasteiger partial charge on any atom is -0.506 e. The zero-order valence-corrected chi connectivity index (χ0v) is 14.4. The number of aliphatic hydroxyl groups excluding tert-OH is 1. The molecule has 1 aliphatic heterocycles. The van der Waals surface area contributed by atoms with Gasteiger partial charge in [0, 0.05) is 35.7 Å². The summed E-state index contributed by atoms with van der Waals surface area (Å²) < 4.78 is 0. The van der Waals surface area contributed by atoms with Crippen LogP contribution in [-0.4, -0.2) is 27.6 Å². The van der Waals surface area contributed by atoms with Crippen LogP contribution < -0.4 is 4.90 Å². The number of rotatable bonds is 3. The number of aliphatic hydroxyl groups is 1. The molecular formula is C19H14N2O6. The molecule has 27 heavy (non-hydrogen) atoms. The summed E-state index contributed by atoms with van der Waals surface area (Å²) in [7, 11) is 0. The second-order valence-electron chi connectivity index (χ2n) is 5.98. The summed E-state index contributed by atoms with van der Waals surface area (Å²) in [6, 6.07) is 9.41. The van der Waals surface area contributed by atoms with Gasteiger partial charge in [0.2, 0.25) is 5.91 Å². The van der Waals surface area contributed by atoms with Crippen LogP contribution in [0.15, 0.2) is 42.5 Å². The van der Waals surface area contributed by atoms with E-state index in [2.05, 4.69) is 0 Å². The SMILES string of the molecule is CC(=O)c1ccc2c(c1)C(=C(O)c1ccc([N+](=O)[O-])cc1)C(=O)N2C(C)=O. The average molecular weight is 366 g/mol. The molecule has 0 fully saturated rings. The molecule has 2 aromatic carbocycles. The highest BCUT2D eigenvalue weighted by Crippen LogP contribution is 2.41. The van der Waals surface area contributed by atoms with Gasteiger partial charge in [0.1, 0.15) is 5.76 Å². The molecule has 0 radical (unpaired) electrons. The largest absolute Gasteiger partial charge is 0.506 e. The number of hydrogen-bond donors (Lipinski definition) is 1. The molecule has 8 heteroatoms. The lowest BCUT2D eigenvalue weighted by molar-refractivity contribution is -0.384. The molecule has 0 bridgehead atoms. The normalized spacial score (nSPS) is 14.7. The number of imide groups is 1. The Morgan fingerprint density at radius 2 is 1.63 bits per heavy atom. The Hall–Kier alpha value is -3.81. The molecule has 0 saturated heterocycles. The standard InChI is InChI=1S/C19H14N2O6/c1-10(22)13-5-8-16-15(9-13)17(19(25)20(16)11(2)23)18(24)12-3-6-14(7-4-12)21(26)27/h3-9,24H,1-2H3. The van der Waals surface area contributed by atoms with Crippen molar-refractivity contribution in [2.24, 2.45) is 0 Å². The molecule has 0 aromatic heterocycles. The number of carbonyl (C=O) groups is 3. The molecule has 0 aliphatic carbocycles. The van der Waals surface area contributed by atoms with Gasteiger partial charge in [0.25, 0.3) is 11.6 Å². The van der Waals surface area contributed by atoms with Crippen LogP contribution in [-0.2, 0) is 9.59 Å². The number of fused-ring (bicyclic) bond motifs is 1.